The molecule has 0 spiro atoms. The number of carbonyl (C=O) groups is 1. The summed E-state index contributed by atoms with van der Waals surface area (Å²) in [6.07, 6.45) is 1.47. The van der Waals surface area contributed by atoms with Gasteiger partial charge in [-0.1, -0.05) is 0 Å². The highest BCUT2D eigenvalue weighted by molar-refractivity contribution is 8.00. The normalized spacial score (nSPS) is 12.0. The number of ether oxygens (including phenoxy) is 2. The molecule has 1 heterocycles. The number of sulfonamides is 1. The van der Waals surface area contributed by atoms with Crippen molar-refractivity contribution in [2.45, 2.75) is 28.9 Å². The fraction of sp³-hybridized carbons (Fsp3) is 0.227. The highest BCUT2D eigenvalue weighted by Gasteiger charge is 2.18. The number of anilines is 2. The first-order valence-electron chi connectivity index (χ1n) is 9.84. The van der Waals surface area contributed by atoms with Crippen molar-refractivity contribution >= 4 is 39.3 Å². The fourth-order valence-corrected chi connectivity index (χ4v) is 4.63. The van der Waals surface area contributed by atoms with Crippen LogP contribution in [0.2, 0.25) is 0 Å². The average Bonchev–Trinajstić information content (AvgIpc) is 2.79. The zero-order valence-corrected chi connectivity index (χ0v) is 20.2. The van der Waals surface area contributed by atoms with Crippen molar-refractivity contribution in [3.63, 3.8) is 0 Å². The molecule has 0 aliphatic carbocycles. The molecule has 9 nitrogen and oxygen atoms in total. The van der Waals surface area contributed by atoms with E-state index in [0.717, 1.165) is 4.90 Å². The lowest BCUT2D eigenvalue weighted by Gasteiger charge is -2.14. The van der Waals surface area contributed by atoms with Crippen LogP contribution in [0.25, 0.3) is 0 Å². The van der Waals surface area contributed by atoms with Gasteiger partial charge in [-0.15, -0.1) is 11.8 Å². The minimum Gasteiger partial charge on any atom is -0.493 e. The fourth-order valence-electron chi connectivity index (χ4n) is 2.79. The van der Waals surface area contributed by atoms with E-state index >= 15 is 0 Å². The molecule has 11 heteroatoms. The molecule has 0 fully saturated rings. The molecule has 0 unspecified atom stereocenters. The molecule has 174 valence electrons. The summed E-state index contributed by atoms with van der Waals surface area (Å²) >= 11 is 1.36. The summed E-state index contributed by atoms with van der Waals surface area (Å²) in [4.78, 5) is 21.4. The van der Waals surface area contributed by atoms with Crippen LogP contribution >= 0.6 is 11.8 Å². The molecule has 1 amide bonds. The number of nitrogens with zero attached hydrogens (tertiary/aromatic N) is 2. The molecule has 0 bridgehead atoms. The predicted octanol–water partition coefficient (Wildman–Crippen LogP) is 3.72. The van der Waals surface area contributed by atoms with Crippen LogP contribution in [-0.2, 0) is 14.8 Å². The molecule has 0 saturated carbocycles. The van der Waals surface area contributed by atoms with E-state index in [2.05, 4.69) is 20.0 Å². The van der Waals surface area contributed by atoms with Gasteiger partial charge in [-0.05, 0) is 62.4 Å². The maximum absolute atomic E-state index is 12.6. The van der Waals surface area contributed by atoms with Crippen molar-refractivity contribution in [2.24, 2.45) is 0 Å². The zero-order chi connectivity index (χ0) is 24.0. The summed E-state index contributed by atoms with van der Waals surface area (Å²) in [7, 11) is -0.748. The standard InChI is InChI=1S/C22H24N4O5S2/c1-14-11-12-23-22(24-14)26-33(28,29)18-8-5-16(6-9-18)25-21(27)15(2)32-17-7-10-19(30-3)20(13-17)31-4/h5-13,15H,1-4H3,(H,25,27)(H,23,24,26)/t15-/m1/s1. The Bertz CT molecular complexity index is 1230. The van der Waals surface area contributed by atoms with E-state index in [0.29, 0.717) is 22.9 Å². The van der Waals surface area contributed by atoms with Crippen molar-refractivity contribution in [3.05, 3.63) is 60.4 Å². The molecule has 0 saturated heterocycles. The third-order valence-corrected chi connectivity index (χ3v) is 6.93. The van der Waals surface area contributed by atoms with E-state index in [1.54, 1.807) is 46.3 Å². The van der Waals surface area contributed by atoms with Crippen LogP contribution in [0.5, 0.6) is 11.5 Å². The molecule has 2 aromatic carbocycles. The molecule has 1 atom stereocenters. The molecule has 3 rings (SSSR count). The van der Waals surface area contributed by atoms with E-state index < -0.39 is 15.3 Å². The lowest BCUT2D eigenvalue weighted by Crippen LogP contribution is -2.22. The lowest BCUT2D eigenvalue weighted by molar-refractivity contribution is -0.115. The van der Waals surface area contributed by atoms with E-state index in [1.807, 2.05) is 6.07 Å². The maximum atomic E-state index is 12.6. The Morgan fingerprint density at radius 1 is 1.03 bits per heavy atom. The second-order valence-corrected chi connectivity index (χ2v) is 10.0. The van der Waals surface area contributed by atoms with E-state index in [1.165, 1.54) is 42.2 Å². The van der Waals surface area contributed by atoms with E-state index in [4.69, 9.17) is 9.47 Å². The summed E-state index contributed by atoms with van der Waals surface area (Å²) in [5.74, 6) is 0.957. The topological polar surface area (TPSA) is 120 Å². The van der Waals surface area contributed by atoms with Gasteiger partial charge in [-0.2, -0.15) is 0 Å². The Kier molecular flexibility index (Phi) is 7.77. The highest BCUT2D eigenvalue weighted by atomic mass is 32.2. The predicted molar refractivity (Wildman–Crippen MR) is 128 cm³/mol. The van der Waals surface area contributed by atoms with Gasteiger partial charge in [0.2, 0.25) is 11.9 Å². The zero-order valence-electron chi connectivity index (χ0n) is 18.5. The Morgan fingerprint density at radius 2 is 1.73 bits per heavy atom. The molecular weight excluding hydrogens is 464 g/mol. The van der Waals surface area contributed by atoms with Crippen LogP contribution in [0.4, 0.5) is 11.6 Å². The molecule has 33 heavy (non-hydrogen) atoms. The number of amides is 1. The third kappa shape index (κ3) is 6.36. The average molecular weight is 489 g/mol. The van der Waals surface area contributed by atoms with Gasteiger partial charge in [0.15, 0.2) is 11.5 Å². The van der Waals surface area contributed by atoms with Crippen molar-refractivity contribution in [3.8, 4) is 11.5 Å². The number of rotatable bonds is 9. The number of hydrogen-bond acceptors (Lipinski definition) is 8. The van der Waals surface area contributed by atoms with Crippen LogP contribution in [0.3, 0.4) is 0 Å². The Labute approximate surface area is 197 Å². The minimum absolute atomic E-state index is 0.00612. The number of hydrogen-bond donors (Lipinski definition) is 2. The first-order chi connectivity index (χ1) is 15.7. The first-order valence-corrected chi connectivity index (χ1v) is 12.2. The molecule has 0 aliphatic heterocycles. The van der Waals surface area contributed by atoms with Gasteiger partial charge in [0, 0.05) is 22.5 Å². The SMILES string of the molecule is COc1ccc(S[C@H](C)C(=O)Nc2ccc(S(=O)(=O)Nc3nccc(C)n3)cc2)cc1OC. The van der Waals surface area contributed by atoms with Crippen LogP contribution in [0.1, 0.15) is 12.6 Å². The Hall–Kier alpha value is -3.31. The van der Waals surface area contributed by atoms with Crippen molar-refractivity contribution in [1.82, 2.24) is 9.97 Å². The largest absolute Gasteiger partial charge is 0.493 e. The first kappa shape index (κ1) is 24.3. The number of aromatic nitrogens is 2. The molecule has 1 aromatic heterocycles. The van der Waals surface area contributed by atoms with E-state index in [9.17, 15) is 13.2 Å². The van der Waals surface area contributed by atoms with Gasteiger partial charge < -0.3 is 14.8 Å². The monoisotopic (exact) mass is 488 g/mol. The Morgan fingerprint density at radius 3 is 2.36 bits per heavy atom. The Balaban J connectivity index is 1.63. The number of aryl methyl sites for hydroxylation is 1. The summed E-state index contributed by atoms with van der Waals surface area (Å²) in [6.45, 7) is 3.52. The van der Waals surface area contributed by atoms with Crippen LogP contribution < -0.4 is 19.5 Å². The molecule has 2 N–H and O–H groups in total. The number of benzene rings is 2. The van der Waals surface area contributed by atoms with Gasteiger partial charge >= 0.3 is 0 Å². The third-order valence-electron chi connectivity index (χ3n) is 4.49. The number of methoxy groups -OCH3 is 2. The molecule has 3 aromatic rings. The van der Waals surface area contributed by atoms with Gasteiger partial charge in [0.25, 0.3) is 10.0 Å². The maximum Gasteiger partial charge on any atom is 0.264 e. The van der Waals surface area contributed by atoms with Crippen molar-refractivity contribution < 1.29 is 22.7 Å². The molecule has 0 radical (unpaired) electrons. The smallest absolute Gasteiger partial charge is 0.264 e. The van der Waals surface area contributed by atoms with Crippen LogP contribution in [0, 0.1) is 6.92 Å². The summed E-state index contributed by atoms with van der Waals surface area (Å²) in [5, 5.41) is 2.38. The van der Waals surface area contributed by atoms with Crippen LogP contribution in [-0.4, -0.2) is 43.8 Å². The number of carbonyl (C=O) groups excluding carboxylic acids is 1. The summed E-state index contributed by atoms with van der Waals surface area (Å²) < 4.78 is 38.0. The molecular formula is C22H24N4O5S2. The number of thioether (sulfide) groups is 1. The minimum atomic E-state index is -3.86. The van der Waals surface area contributed by atoms with Crippen molar-refractivity contribution in [1.29, 1.82) is 0 Å². The quantitative estimate of drug-likeness (QED) is 0.437. The van der Waals surface area contributed by atoms with Gasteiger partial charge in [-0.25, -0.2) is 23.1 Å². The molecule has 0 aliphatic rings. The van der Waals surface area contributed by atoms with E-state index in [-0.39, 0.29) is 16.8 Å². The summed E-state index contributed by atoms with van der Waals surface area (Å²) in [6, 6.07) is 13.0. The lowest BCUT2D eigenvalue weighted by atomic mass is 10.3. The highest BCUT2D eigenvalue weighted by Crippen LogP contribution is 2.33. The van der Waals surface area contributed by atoms with Gasteiger partial charge in [0.05, 0.1) is 24.4 Å². The van der Waals surface area contributed by atoms with Gasteiger partial charge in [0.1, 0.15) is 0 Å². The van der Waals surface area contributed by atoms with Crippen LogP contribution in [0.15, 0.2) is 64.5 Å². The second kappa shape index (κ2) is 10.5. The second-order valence-electron chi connectivity index (χ2n) is 6.92. The van der Waals surface area contributed by atoms with Crippen molar-refractivity contribution in [2.75, 3.05) is 24.3 Å². The summed E-state index contributed by atoms with van der Waals surface area (Å²) in [5.41, 5.74) is 1.12. The van der Waals surface area contributed by atoms with Gasteiger partial charge in [-0.3, -0.25) is 4.79 Å². The number of nitrogens with one attached hydrogen (secondary N) is 2.